The summed E-state index contributed by atoms with van der Waals surface area (Å²) in [5.74, 6) is 0. The van der Waals surface area contributed by atoms with E-state index in [4.69, 9.17) is 5.73 Å². The highest BCUT2D eigenvalue weighted by Crippen LogP contribution is 2.40. The zero-order valence-corrected chi connectivity index (χ0v) is 14.4. The molecule has 0 fully saturated rings. The lowest BCUT2D eigenvalue weighted by molar-refractivity contribution is 0.728. The van der Waals surface area contributed by atoms with Crippen molar-refractivity contribution in [1.82, 2.24) is 4.98 Å². The molecule has 2 aromatic rings. The van der Waals surface area contributed by atoms with Crippen LogP contribution in [0.25, 0.3) is 0 Å². The second kappa shape index (κ2) is 6.39. The molecule has 5 heteroatoms. The molecule has 2 unspecified atom stereocenters. The second-order valence-electron chi connectivity index (χ2n) is 4.66. The van der Waals surface area contributed by atoms with Gasteiger partial charge in [0.05, 0.1) is 14.1 Å². The molecule has 2 atom stereocenters. The van der Waals surface area contributed by atoms with Crippen molar-refractivity contribution in [3.8, 4) is 0 Å². The van der Waals surface area contributed by atoms with Gasteiger partial charge in [-0.2, -0.15) is 0 Å². The molecule has 0 aliphatic heterocycles. The number of aryl methyl sites for hydroxylation is 2. The molecule has 0 bridgehead atoms. The van der Waals surface area contributed by atoms with Crippen molar-refractivity contribution in [1.29, 1.82) is 0 Å². The Kier molecular flexibility index (Phi) is 5.06. The van der Waals surface area contributed by atoms with E-state index in [2.05, 4.69) is 52.1 Å². The molecule has 0 amide bonds. The summed E-state index contributed by atoms with van der Waals surface area (Å²) in [6.45, 7) is 6.18. The minimum Gasteiger partial charge on any atom is -0.327 e. The lowest BCUT2D eigenvalue weighted by Crippen LogP contribution is -2.22. The molecule has 2 aromatic heterocycles. The van der Waals surface area contributed by atoms with E-state index in [-0.39, 0.29) is 11.3 Å². The molecule has 0 saturated carbocycles. The minimum atomic E-state index is 0.0816. The number of hydrogen-bond acceptors (Lipinski definition) is 4. The Hall–Kier alpha value is -0.360. The third-order valence-corrected chi connectivity index (χ3v) is 5.92. The van der Waals surface area contributed by atoms with Crippen molar-refractivity contribution >= 4 is 39.0 Å². The average Bonchev–Trinajstić information content (AvgIpc) is 2.70. The Labute approximate surface area is 131 Å². The lowest BCUT2D eigenvalue weighted by atomic mass is 10.2. The van der Waals surface area contributed by atoms with Crippen LogP contribution >= 0.6 is 39.0 Å². The van der Waals surface area contributed by atoms with Crippen LogP contribution in [0.5, 0.6) is 0 Å². The summed E-state index contributed by atoms with van der Waals surface area (Å²) in [6.07, 6.45) is 0. The second-order valence-corrected chi connectivity index (χ2v) is 8.32. The smallest absolute Gasteiger partial charge is 0.0972 e. The number of nitrogens with two attached hydrogens (primary N) is 1. The first kappa shape index (κ1) is 15.0. The van der Waals surface area contributed by atoms with Gasteiger partial charge in [-0.25, -0.2) is 4.98 Å². The fraction of sp³-hybridized carbons (Fsp3) is 0.357. The summed E-state index contributed by atoms with van der Waals surface area (Å²) in [5.41, 5.74) is 8.44. The standard InChI is InChI=1S/C14H17BrN2S2/c1-8-6-9(2)17-13(7-8)19-14(10(3)16)11-4-5-12(15)18-11/h4-7,10,14H,16H2,1-3H3. The molecule has 0 aliphatic carbocycles. The molecule has 19 heavy (non-hydrogen) atoms. The largest absolute Gasteiger partial charge is 0.327 e. The van der Waals surface area contributed by atoms with Crippen LogP contribution in [-0.2, 0) is 0 Å². The van der Waals surface area contributed by atoms with Crippen LogP contribution in [0.2, 0.25) is 0 Å². The third kappa shape index (κ3) is 4.05. The Balaban J connectivity index is 2.26. The van der Waals surface area contributed by atoms with E-state index in [1.165, 1.54) is 10.4 Å². The molecular formula is C14H17BrN2S2. The number of thiophene rings is 1. The van der Waals surface area contributed by atoms with Crippen LogP contribution in [0, 0.1) is 13.8 Å². The van der Waals surface area contributed by atoms with Crippen molar-refractivity contribution in [2.75, 3.05) is 0 Å². The normalized spacial score (nSPS) is 14.4. The van der Waals surface area contributed by atoms with E-state index in [0.29, 0.717) is 0 Å². The van der Waals surface area contributed by atoms with Gasteiger partial charge in [0.1, 0.15) is 0 Å². The first-order valence-electron chi connectivity index (χ1n) is 6.08. The molecule has 0 aliphatic rings. The van der Waals surface area contributed by atoms with Gasteiger partial charge in [0, 0.05) is 16.6 Å². The summed E-state index contributed by atoms with van der Waals surface area (Å²) in [7, 11) is 0. The zero-order valence-electron chi connectivity index (χ0n) is 11.2. The first-order valence-corrected chi connectivity index (χ1v) is 8.57. The molecule has 0 radical (unpaired) electrons. The van der Waals surface area contributed by atoms with Gasteiger partial charge in [-0.1, -0.05) is 11.8 Å². The van der Waals surface area contributed by atoms with Gasteiger partial charge in [-0.3, -0.25) is 0 Å². The van der Waals surface area contributed by atoms with E-state index in [9.17, 15) is 0 Å². The predicted molar refractivity (Wildman–Crippen MR) is 88.0 cm³/mol. The Bertz CT molecular complexity index is 546. The van der Waals surface area contributed by atoms with Crippen molar-refractivity contribution in [2.24, 2.45) is 5.73 Å². The van der Waals surface area contributed by atoms with Gasteiger partial charge in [0.2, 0.25) is 0 Å². The molecule has 2 nitrogen and oxygen atoms in total. The number of hydrogen-bond donors (Lipinski definition) is 1. The summed E-state index contributed by atoms with van der Waals surface area (Å²) >= 11 is 7.00. The van der Waals surface area contributed by atoms with Crippen molar-refractivity contribution < 1.29 is 0 Å². The molecule has 102 valence electrons. The number of halogens is 1. The van der Waals surface area contributed by atoms with E-state index in [1.807, 2.05) is 13.8 Å². The maximum Gasteiger partial charge on any atom is 0.0972 e. The third-order valence-electron chi connectivity index (χ3n) is 2.67. The van der Waals surface area contributed by atoms with Crippen LogP contribution in [0.1, 0.15) is 28.3 Å². The highest BCUT2D eigenvalue weighted by atomic mass is 79.9. The number of pyridine rings is 1. The van der Waals surface area contributed by atoms with Crippen LogP contribution in [-0.4, -0.2) is 11.0 Å². The van der Waals surface area contributed by atoms with Crippen LogP contribution < -0.4 is 5.73 Å². The molecule has 2 N–H and O–H groups in total. The minimum absolute atomic E-state index is 0.0816. The Morgan fingerprint density at radius 1 is 1.32 bits per heavy atom. The topological polar surface area (TPSA) is 38.9 Å². The molecule has 0 aromatic carbocycles. The number of thioether (sulfide) groups is 1. The van der Waals surface area contributed by atoms with Crippen molar-refractivity contribution in [3.63, 3.8) is 0 Å². The monoisotopic (exact) mass is 356 g/mol. The van der Waals surface area contributed by atoms with E-state index in [0.717, 1.165) is 14.5 Å². The number of aromatic nitrogens is 1. The molecular weight excluding hydrogens is 340 g/mol. The molecule has 2 rings (SSSR count). The van der Waals surface area contributed by atoms with Gasteiger partial charge >= 0.3 is 0 Å². The first-order chi connectivity index (χ1) is 8.95. The van der Waals surface area contributed by atoms with Crippen molar-refractivity contribution in [3.05, 3.63) is 44.2 Å². The highest BCUT2D eigenvalue weighted by Gasteiger charge is 2.20. The summed E-state index contributed by atoms with van der Waals surface area (Å²) in [5, 5.41) is 1.29. The SMILES string of the molecule is Cc1cc(C)nc(SC(c2ccc(Br)s2)C(C)N)c1. The molecule has 0 saturated heterocycles. The van der Waals surface area contributed by atoms with Gasteiger partial charge < -0.3 is 5.73 Å². The van der Waals surface area contributed by atoms with Crippen LogP contribution in [0.3, 0.4) is 0 Å². The van der Waals surface area contributed by atoms with Gasteiger partial charge in [0.15, 0.2) is 0 Å². The van der Waals surface area contributed by atoms with Gasteiger partial charge in [0.25, 0.3) is 0 Å². The van der Waals surface area contributed by atoms with E-state index >= 15 is 0 Å². The lowest BCUT2D eigenvalue weighted by Gasteiger charge is -2.18. The Morgan fingerprint density at radius 2 is 2.05 bits per heavy atom. The van der Waals surface area contributed by atoms with Crippen molar-refractivity contribution in [2.45, 2.75) is 37.1 Å². The maximum absolute atomic E-state index is 6.14. The van der Waals surface area contributed by atoms with Gasteiger partial charge in [-0.15, -0.1) is 11.3 Å². The highest BCUT2D eigenvalue weighted by molar-refractivity contribution is 9.11. The number of nitrogens with zero attached hydrogens (tertiary/aromatic N) is 1. The summed E-state index contributed by atoms with van der Waals surface area (Å²) in [4.78, 5) is 5.87. The predicted octanol–water partition coefficient (Wildman–Crippen LogP) is 4.70. The quantitative estimate of drug-likeness (QED) is 0.806. The van der Waals surface area contributed by atoms with Crippen LogP contribution in [0.15, 0.2) is 33.1 Å². The maximum atomic E-state index is 6.14. The molecule has 2 heterocycles. The zero-order chi connectivity index (χ0) is 14.0. The van der Waals surface area contributed by atoms with E-state index in [1.54, 1.807) is 23.1 Å². The summed E-state index contributed by atoms with van der Waals surface area (Å²) < 4.78 is 1.14. The molecule has 0 spiro atoms. The fourth-order valence-corrected chi connectivity index (χ4v) is 4.83. The number of rotatable bonds is 4. The fourth-order valence-electron chi connectivity index (χ4n) is 1.90. The summed E-state index contributed by atoms with van der Waals surface area (Å²) in [6, 6.07) is 8.50. The van der Waals surface area contributed by atoms with E-state index < -0.39 is 0 Å². The van der Waals surface area contributed by atoms with Crippen LogP contribution in [0.4, 0.5) is 0 Å². The average molecular weight is 357 g/mol. The Morgan fingerprint density at radius 3 is 2.58 bits per heavy atom. The van der Waals surface area contributed by atoms with Gasteiger partial charge in [-0.05, 0) is 66.5 Å².